The van der Waals surface area contributed by atoms with Gasteiger partial charge in [-0.2, -0.15) is 5.26 Å². The molecular weight excluding hydrogens is 389 g/mol. The molecule has 29 heavy (non-hydrogen) atoms. The van der Waals surface area contributed by atoms with Crippen LogP contribution in [0.5, 0.6) is 0 Å². The zero-order valence-electron chi connectivity index (χ0n) is 16.4. The first-order valence-electron chi connectivity index (χ1n) is 8.99. The second kappa shape index (κ2) is 10.9. The number of nitrogens with one attached hydrogen (secondary N) is 2. The molecule has 0 saturated heterocycles. The summed E-state index contributed by atoms with van der Waals surface area (Å²) < 4.78 is 27.4. The van der Waals surface area contributed by atoms with Gasteiger partial charge in [-0.3, -0.25) is 0 Å². The van der Waals surface area contributed by atoms with Gasteiger partial charge in [0, 0.05) is 11.9 Å². The molecule has 2 aromatic carbocycles. The summed E-state index contributed by atoms with van der Waals surface area (Å²) in [5.41, 5.74) is 2.81. The average Bonchev–Trinajstić information content (AvgIpc) is 2.75. The highest BCUT2D eigenvalue weighted by atomic mass is 32.2. The van der Waals surface area contributed by atoms with Gasteiger partial charge < -0.3 is 10.0 Å². The maximum absolute atomic E-state index is 13.3. The summed E-state index contributed by atoms with van der Waals surface area (Å²) in [6.45, 7) is 4.00. The van der Waals surface area contributed by atoms with Gasteiger partial charge in [0.2, 0.25) is 5.95 Å². The van der Waals surface area contributed by atoms with Crippen molar-refractivity contribution < 1.29 is 8.60 Å². The van der Waals surface area contributed by atoms with Gasteiger partial charge in [0.1, 0.15) is 22.9 Å². The Morgan fingerprint density at radius 3 is 2.00 bits per heavy atom. The molecule has 3 aromatic rings. The van der Waals surface area contributed by atoms with Crippen LogP contribution in [-0.4, -0.2) is 20.4 Å². The third-order valence-corrected chi connectivity index (χ3v) is 4.29. The van der Waals surface area contributed by atoms with E-state index in [9.17, 15) is 8.60 Å². The molecule has 2 unspecified atom stereocenters. The van der Waals surface area contributed by atoms with E-state index in [0.717, 1.165) is 16.8 Å². The fourth-order valence-electron chi connectivity index (χ4n) is 2.51. The fourth-order valence-corrected chi connectivity index (χ4v) is 2.98. The lowest BCUT2D eigenvalue weighted by atomic mass is 9.98. The minimum Gasteiger partial charge on any atom is -0.343 e. The smallest absolute Gasteiger partial charge is 0.223 e. The molecule has 0 spiro atoms. The lowest BCUT2D eigenvalue weighted by molar-refractivity contribution is 0.626. The molecule has 0 fully saturated rings. The van der Waals surface area contributed by atoms with Crippen molar-refractivity contribution in [1.82, 2.24) is 9.97 Å². The quantitative estimate of drug-likeness (QED) is 0.627. The topological polar surface area (TPSA) is 90.7 Å². The molecule has 0 bridgehead atoms. The lowest BCUT2D eigenvalue weighted by Gasteiger charge is -2.20. The molecule has 8 heteroatoms. The van der Waals surface area contributed by atoms with Gasteiger partial charge in [0.25, 0.3) is 0 Å². The van der Waals surface area contributed by atoms with Crippen LogP contribution in [0.2, 0.25) is 0 Å². The van der Waals surface area contributed by atoms with Gasteiger partial charge >= 0.3 is 0 Å². The van der Waals surface area contributed by atoms with Crippen molar-refractivity contribution in [3.05, 3.63) is 83.4 Å². The summed E-state index contributed by atoms with van der Waals surface area (Å²) in [7, 11) is -1.16. The van der Waals surface area contributed by atoms with E-state index in [1.165, 1.54) is 24.5 Å². The molecule has 150 valence electrons. The largest absolute Gasteiger partial charge is 0.343 e. The Bertz CT molecular complexity index is 970. The number of anilines is 2. The van der Waals surface area contributed by atoms with E-state index < -0.39 is 11.0 Å². The minimum atomic E-state index is -1.16. The monoisotopic (exact) mass is 411 g/mol. The van der Waals surface area contributed by atoms with Gasteiger partial charge in [-0.15, -0.1) is 0 Å². The second-order valence-corrected chi connectivity index (χ2v) is 6.83. The Labute approximate surface area is 172 Å². The Hall–Kier alpha value is -3.31. The van der Waals surface area contributed by atoms with Crippen molar-refractivity contribution in [3.63, 3.8) is 0 Å². The summed E-state index contributed by atoms with van der Waals surface area (Å²) in [5, 5.41) is 12.1. The third-order valence-electron chi connectivity index (χ3n) is 3.76. The van der Waals surface area contributed by atoms with Crippen molar-refractivity contribution >= 4 is 22.6 Å². The maximum Gasteiger partial charge on any atom is 0.223 e. The van der Waals surface area contributed by atoms with E-state index >= 15 is 0 Å². The maximum atomic E-state index is 13.3. The number of benzene rings is 2. The molecule has 0 aliphatic rings. The molecule has 2 atom stereocenters. The van der Waals surface area contributed by atoms with Crippen molar-refractivity contribution in [2.24, 2.45) is 0 Å². The second-order valence-electron chi connectivity index (χ2n) is 5.71. The summed E-state index contributed by atoms with van der Waals surface area (Å²) in [6, 6.07) is 15.2. The SMILES string of the molecule is CC.CS(=O)Nc1ccc(C(Nc2ncc(C#N)cn2)c2ccc(F)cc2)cc1. The predicted molar refractivity (Wildman–Crippen MR) is 114 cm³/mol. The molecule has 2 N–H and O–H groups in total. The standard InChI is InChI=1S/C19H16FN5OS.C2H6/c1-27(26)25-17-8-4-15(5-9-17)18(14-2-6-16(20)7-3-14)24-19-22-11-13(10-21)12-23-19;1-2/h2-9,11-12,18,25H,1H3,(H,22,23,24);1-2H3. The van der Waals surface area contributed by atoms with Crippen LogP contribution in [-0.2, 0) is 11.0 Å². The molecule has 6 nitrogen and oxygen atoms in total. The zero-order chi connectivity index (χ0) is 21.2. The van der Waals surface area contributed by atoms with Crippen LogP contribution in [0.1, 0.15) is 36.6 Å². The highest BCUT2D eigenvalue weighted by Crippen LogP contribution is 2.27. The molecule has 0 radical (unpaired) electrons. The number of rotatable bonds is 6. The fraction of sp³-hybridized carbons (Fsp3) is 0.190. The summed E-state index contributed by atoms with van der Waals surface area (Å²) in [5.74, 6) is 0.0253. The van der Waals surface area contributed by atoms with Crippen LogP contribution in [0.15, 0.2) is 60.9 Å². The van der Waals surface area contributed by atoms with Gasteiger partial charge in [-0.25, -0.2) is 18.6 Å². The Balaban J connectivity index is 0.00000145. The normalized spacial score (nSPS) is 12.0. The lowest BCUT2D eigenvalue weighted by Crippen LogP contribution is -2.14. The molecule has 0 aliphatic carbocycles. The van der Waals surface area contributed by atoms with Gasteiger partial charge in [-0.1, -0.05) is 38.1 Å². The van der Waals surface area contributed by atoms with Gasteiger partial charge in [0.05, 0.1) is 24.0 Å². The van der Waals surface area contributed by atoms with E-state index in [-0.39, 0.29) is 11.9 Å². The van der Waals surface area contributed by atoms with Crippen LogP contribution >= 0.6 is 0 Å². The van der Waals surface area contributed by atoms with E-state index in [1.807, 2.05) is 44.2 Å². The highest BCUT2D eigenvalue weighted by Gasteiger charge is 2.16. The first-order valence-corrected chi connectivity index (χ1v) is 10.5. The number of nitrogens with zero attached hydrogens (tertiary/aromatic N) is 3. The highest BCUT2D eigenvalue weighted by molar-refractivity contribution is 7.85. The number of hydrogen-bond donors (Lipinski definition) is 2. The Morgan fingerprint density at radius 1 is 1.00 bits per heavy atom. The van der Waals surface area contributed by atoms with Crippen LogP contribution < -0.4 is 10.0 Å². The molecule has 1 aromatic heterocycles. The summed E-state index contributed by atoms with van der Waals surface area (Å²) in [6.07, 6.45) is 4.42. The summed E-state index contributed by atoms with van der Waals surface area (Å²) in [4.78, 5) is 8.29. The van der Waals surface area contributed by atoms with E-state index in [4.69, 9.17) is 5.26 Å². The first-order chi connectivity index (χ1) is 14.0. The first kappa shape index (κ1) is 22.0. The number of aromatic nitrogens is 2. The molecular formula is C21H22FN5OS. The van der Waals surface area contributed by atoms with Crippen molar-refractivity contribution in [3.8, 4) is 6.07 Å². The molecule has 0 saturated carbocycles. The van der Waals surface area contributed by atoms with Crippen LogP contribution in [0.25, 0.3) is 0 Å². The molecule has 1 heterocycles. The summed E-state index contributed by atoms with van der Waals surface area (Å²) >= 11 is 0. The number of halogens is 1. The van der Waals surface area contributed by atoms with E-state index in [0.29, 0.717) is 11.5 Å². The minimum absolute atomic E-state index is 0.322. The van der Waals surface area contributed by atoms with Crippen LogP contribution in [0.4, 0.5) is 16.0 Å². The van der Waals surface area contributed by atoms with E-state index in [2.05, 4.69) is 20.0 Å². The van der Waals surface area contributed by atoms with Gasteiger partial charge in [0.15, 0.2) is 0 Å². The average molecular weight is 412 g/mol. The number of nitriles is 1. The molecule has 3 rings (SSSR count). The van der Waals surface area contributed by atoms with Crippen molar-refractivity contribution in [2.45, 2.75) is 19.9 Å². The van der Waals surface area contributed by atoms with Crippen molar-refractivity contribution in [2.75, 3.05) is 16.3 Å². The predicted octanol–water partition coefficient (Wildman–Crippen LogP) is 4.42. The molecule has 0 amide bonds. The Morgan fingerprint density at radius 2 is 1.52 bits per heavy atom. The third kappa shape index (κ3) is 6.36. The van der Waals surface area contributed by atoms with Gasteiger partial charge in [-0.05, 0) is 35.4 Å². The van der Waals surface area contributed by atoms with Crippen LogP contribution in [0.3, 0.4) is 0 Å². The number of hydrogen-bond acceptors (Lipinski definition) is 5. The van der Waals surface area contributed by atoms with E-state index in [1.54, 1.807) is 18.4 Å². The van der Waals surface area contributed by atoms with Crippen molar-refractivity contribution in [1.29, 1.82) is 5.26 Å². The zero-order valence-corrected chi connectivity index (χ0v) is 17.2. The molecule has 0 aliphatic heterocycles. The van der Waals surface area contributed by atoms with Crippen LogP contribution in [0, 0.1) is 17.1 Å². The Kier molecular flexibility index (Phi) is 8.25.